The number of rotatable bonds is 4. The lowest BCUT2D eigenvalue weighted by atomic mass is 10.1. The topological polar surface area (TPSA) is 29.5 Å². The molecule has 0 radical (unpaired) electrons. The highest BCUT2D eigenvalue weighted by molar-refractivity contribution is 5.92. The number of hydrogen-bond donors (Lipinski definition) is 0. The quantitative estimate of drug-likeness (QED) is 0.747. The normalized spacial score (nSPS) is 10.8. The Kier molecular flexibility index (Phi) is 5.14. The molecule has 3 heteroatoms. The summed E-state index contributed by atoms with van der Waals surface area (Å²) in [7, 11) is 0. The van der Waals surface area contributed by atoms with Crippen molar-refractivity contribution in [2.75, 3.05) is 11.4 Å². The van der Waals surface area contributed by atoms with Crippen LogP contribution in [-0.4, -0.2) is 18.2 Å². The molecule has 1 aromatic rings. The molecule has 0 atom stereocenters. The summed E-state index contributed by atoms with van der Waals surface area (Å²) in [6.45, 7) is 15.5. The summed E-state index contributed by atoms with van der Waals surface area (Å²) in [5.74, 6) is 0. The van der Waals surface area contributed by atoms with Crippen LogP contribution in [0.25, 0.3) is 5.57 Å². The molecular weight excluding hydrogens is 250 g/mol. The minimum atomic E-state index is -0.533. The summed E-state index contributed by atoms with van der Waals surface area (Å²) in [5, 5.41) is 0. The van der Waals surface area contributed by atoms with E-state index in [1.807, 2.05) is 52.0 Å². The second-order valence-corrected chi connectivity index (χ2v) is 5.68. The van der Waals surface area contributed by atoms with Crippen LogP contribution in [0, 0.1) is 0 Å². The SMILES string of the molecule is C=CCN(C(=O)OC(C)(C)C)c1ccccc1C(=C)C. The third-order valence-electron chi connectivity index (χ3n) is 2.58. The van der Waals surface area contributed by atoms with Crippen molar-refractivity contribution in [3.63, 3.8) is 0 Å². The van der Waals surface area contributed by atoms with E-state index in [1.54, 1.807) is 11.0 Å². The number of nitrogens with zero attached hydrogens (tertiary/aromatic N) is 1. The average Bonchev–Trinajstić information content (AvgIpc) is 2.33. The summed E-state index contributed by atoms with van der Waals surface area (Å²) >= 11 is 0. The van der Waals surface area contributed by atoms with Crippen molar-refractivity contribution in [3.05, 3.63) is 49.1 Å². The predicted molar refractivity (Wildman–Crippen MR) is 84.9 cm³/mol. The Bertz CT molecular complexity index is 512. The van der Waals surface area contributed by atoms with Gasteiger partial charge in [0.05, 0.1) is 5.69 Å². The van der Waals surface area contributed by atoms with Gasteiger partial charge in [-0.25, -0.2) is 4.79 Å². The van der Waals surface area contributed by atoms with Gasteiger partial charge in [0.15, 0.2) is 0 Å². The Balaban J connectivity index is 3.17. The first-order chi connectivity index (χ1) is 9.26. The zero-order valence-electron chi connectivity index (χ0n) is 12.8. The molecule has 0 saturated heterocycles. The molecule has 0 aliphatic carbocycles. The smallest absolute Gasteiger partial charge is 0.415 e. The molecule has 0 N–H and O–H groups in total. The second-order valence-electron chi connectivity index (χ2n) is 5.68. The van der Waals surface area contributed by atoms with Gasteiger partial charge in [-0.1, -0.05) is 30.9 Å². The van der Waals surface area contributed by atoms with Crippen molar-refractivity contribution in [2.45, 2.75) is 33.3 Å². The van der Waals surface area contributed by atoms with Crippen LogP contribution < -0.4 is 4.90 Å². The van der Waals surface area contributed by atoms with Gasteiger partial charge in [-0.05, 0) is 39.3 Å². The Morgan fingerprint density at radius 1 is 1.35 bits per heavy atom. The van der Waals surface area contributed by atoms with Crippen molar-refractivity contribution < 1.29 is 9.53 Å². The summed E-state index contributed by atoms with van der Waals surface area (Å²) in [5.41, 5.74) is 2.09. The van der Waals surface area contributed by atoms with E-state index in [0.29, 0.717) is 6.54 Å². The summed E-state index contributed by atoms with van der Waals surface area (Å²) < 4.78 is 5.45. The maximum Gasteiger partial charge on any atom is 0.415 e. The highest BCUT2D eigenvalue weighted by Crippen LogP contribution is 2.27. The highest BCUT2D eigenvalue weighted by atomic mass is 16.6. The van der Waals surface area contributed by atoms with E-state index in [9.17, 15) is 4.79 Å². The van der Waals surface area contributed by atoms with Crippen LogP contribution in [0.4, 0.5) is 10.5 Å². The first-order valence-corrected chi connectivity index (χ1v) is 6.62. The van der Waals surface area contributed by atoms with Crippen LogP contribution in [-0.2, 0) is 4.74 Å². The molecule has 0 aromatic heterocycles. The number of carbonyl (C=O) groups excluding carboxylic acids is 1. The van der Waals surface area contributed by atoms with E-state index in [2.05, 4.69) is 13.2 Å². The molecule has 3 nitrogen and oxygen atoms in total. The maximum atomic E-state index is 12.4. The van der Waals surface area contributed by atoms with Gasteiger partial charge in [0.2, 0.25) is 0 Å². The fourth-order valence-electron chi connectivity index (χ4n) is 1.79. The van der Waals surface area contributed by atoms with E-state index in [4.69, 9.17) is 4.74 Å². The van der Waals surface area contributed by atoms with Crippen molar-refractivity contribution in [3.8, 4) is 0 Å². The van der Waals surface area contributed by atoms with Crippen LogP contribution >= 0.6 is 0 Å². The van der Waals surface area contributed by atoms with E-state index in [1.165, 1.54) is 0 Å². The number of amides is 1. The van der Waals surface area contributed by atoms with Gasteiger partial charge < -0.3 is 4.74 Å². The van der Waals surface area contributed by atoms with E-state index in [0.717, 1.165) is 16.8 Å². The van der Waals surface area contributed by atoms with Crippen molar-refractivity contribution >= 4 is 17.4 Å². The zero-order chi connectivity index (χ0) is 15.3. The van der Waals surface area contributed by atoms with Gasteiger partial charge in [0.25, 0.3) is 0 Å². The minimum absolute atomic E-state index is 0.383. The third kappa shape index (κ3) is 4.26. The van der Waals surface area contributed by atoms with Crippen molar-refractivity contribution in [1.82, 2.24) is 0 Å². The Labute approximate surface area is 121 Å². The Morgan fingerprint density at radius 2 is 1.95 bits per heavy atom. The molecule has 0 unspecified atom stereocenters. The van der Waals surface area contributed by atoms with Crippen molar-refractivity contribution in [2.24, 2.45) is 0 Å². The maximum absolute atomic E-state index is 12.4. The van der Waals surface area contributed by atoms with Gasteiger partial charge in [0, 0.05) is 12.1 Å². The van der Waals surface area contributed by atoms with Gasteiger partial charge in [-0.2, -0.15) is 0 Å². The van der Waals surface area contributed by atoms with Gasteiger partial charge in [0.1, 0.15) is 5.60 Å². The molecule has 0 heterocycles. The lowest BCUT2D eigenvalue weighted by Gasteiger charge is -2.28. The summed E-state index contributed by atoms with van der Waals surface area (Å²) in [6, 6.07) is 7.65. The molecule has 1 aromatic carbocycles. The molecule has 0 saturated carbocycles. The summed E-state index contributed by atoms with van der Waals surface area (Å²) in [6.07, 6.45) is 1.30. The molecule has 0 aliphatic heterocycles. The molecule has 108 valence electrons. The Morgan fingerprint density at radius 3 is 2.45 bits per heavy atom. The molecule has 0 aliphatic rings. The fourth-order valence-corrected chi connectivity index (χ4v) is 1.79. The highest BCUT2D eigenvalue weighted by Gasteiger charge is 2.24. The largest absolute Gasteiger partial charge is 0.443 e. The second kappa shape index (κ2) is 6.42. The first kappa shape index (κ1) is 16.0. The molecule has 0 bridgehead atoms. The molecule has 1 amide bonds. The average molecular weight is 273 g/mol. The van der Waals surface area contributed by atoms with Gasteiger partial charge >= 0.3 is 6.09 Å². The fraction of sp³-hybridized carbons (Fsp3) is 0.353. The minimum Gasteiger partial charge on any atom is -0.443 e. The molecule has 1 rings (SSSR count). The molecular formula is C17H23NO2. The van der Waals surface area contributed by atoms with Crippen LogP contribution in [0.2, 0.25) is 0 Å². The van der Waals surface area contributed by atoms with Crippen LogP contribution in [0.1, 0.15) is 33.3 Å². The number of carbonyl (C=O) groups is 1. The van der Waals surface area contributed by atoms with Crippen LogP contribution in [0.5, 0.6) is 0 Å². The van der Waals surface area contributed by atoms with E-state index in [-0.39, 0.29) is 6.09 Å². The van der Waals surface area contributed by atoms with Crippen LogP contribution in [0.15, 0.2) is 43.5 Å². The molecule has 20 heavy (non-hydrogen) atoms. The van der Waals surface area contributed by atoms with Crippen molar-refractivity contribution in [1.29, 1.82) is 0 Å². The molecule has 0 spiro atoms. The zero-order valence-corrected chi connectivity index (χ0v) is 12.8. The number of hydrogen-bond acceptors (Lipinski definition) is 2. The predicted octanol–water partition coefficient (Wildman–Crippen LogP) is 4.65. The van der Waals surface area contributed by atoms with E-state index < -0.39 is 5.60 Å². The number of anilines is 1. The molecule has 0 fully saturated rings. The first-order valence-electron chi connectivity index (χ1n) is 6.62. The number of ether oxygens (including phenoxy) is 1. The number of benzene rings is 1. The monoisotopic (exact) mass is 273 g/mol. The summed E-state index contributed by atoms with van der Waals surface area (Å²) in [4.78, 5) is 13.9. The van der Waals surface area contributed by atoms with Crippen LogP contribution in [0.3, 0.4) is 0 Å². The lowest BCUT2D eigenvalue weighted by Crippen LogP contribution is -2.37. The third-order valence-corrected chi connectivity index (χ3v) is 2.58. The van der Waals surface area contributed by atoms with Gasteiger partial charge in [-0.15, -0.1) is 6.58 Å². The lowest BCUT2D eigenvalue weighted by molar-refractivity contribution is 0.0584. The Hall–Kier alpha value is -2.03. The van der Waals surface area contributed by atoms with E-state index >= 15 is 0 Å². The standard InChI is InChI=1S/C17H23NO2/c1-7-12-18(16(19)20-17(4,5)6)15-11-9-8-10-14(15)13(2)3/h7-11H,1-2,12H2,3-6H3. The number of para-hydroxylation sites is 1. The van der Waals surface area contributed by atoms with Gasteiger partial charge in [-0.3, -0.25) is 4.90 Å². The number of allylic oxidation sites excluding steroid dienone is 1.